The molecular formula is C13H22. The van der Waals surface area contributed by atoms with Crippen LogP contribution < -0.4 is 0 Å². The third kappa shape index (κ3) is 11.3. The smallest absolute Gasteiger partial charge is 0.00922 e. The number of hydrogen-bond acceptors (Lipinski definition) is 0. The summed E-state index contributed by atoms with van der Waals surface area (Å²) in [5.41, 5.74) is 0. The molecule has 0 rings (SSSR count). The van der Waals surface area contributed by atoms with Crippen LogP contribution in [0.5, 0.6) is 0 Å². The third-order valence-corrected chi connectivity index (χ3v) is 1.91. The van der Waals surface area contributed by atoms with Gasteiger partial charge in [-0.3, -0.25) is 0 Å². The van der Waals surface area contributed by atoms with Crippen LogP contribution in [0, 0.1) is 11.8 Å². The zero-order valence-corrected chi connectivity index (χ0v) is 9.10. The summed E-state index contributed by atoms with van der Waals surface area (Å²) in [5, 5.41) is 0. The molecule has 0 heterocycles. The fraction of sp³-hybridized carbons (Fsp3) is 0.692. The second kappa shape index (κ2) is 11.3. The lowest BCUT2D eigenvalue weighted by Gasteiger charge is -1.91. The van der Waals surface area contributed by atoms with Crippen LogP contribution in [-0.4, -0.2) is 0 Å². The summed E-state index contributed by atoms with van der Waals surface area (Å²) < 4.78 is 0. The van der Waals surface area contributed by atoms with E-state index >= 15 is 0 Å². The first kappa shape index (κ1) is 12.3. The summed E-state index contributed by atoms with van der Waals surface area (Å²) in [6.45, 7) is 4.42. The van der Waals surface area contributed by atoms with Crippen molar-refractivity contribution in [2.24, 2.45) is 0 Å². The van der Waals surface area contributed by atoms with Crippen LogP contribution in [0.25, 0.3) is 0 Å². The number of unbranched alkanes of at least 4 members (excludes halogenated alkanes) is 5. The Kier molecular flexibility index (Phi) is 10.7. The minimum absolute atomic E-state index is 1.07. The van der Waals surface area contributed by atoms with E-state index in [-0.39, 0.29) is 0 Å². The molecule has 0 radical (unpaired) electrons. The van der Waals surface area contributed by atoms with Gasteiger partial charge >= 0.3 is 0 Å². The second-order valence-corrected chi connectivity index (χ2v) is 3.32. The molecule has 0 spiro atoms. The Balaban J connectivity index is 3.19. The van der Waals surface area contributed by atoms with Crippen molar-refractivity contribution in [3.8, 4) is 11.8 Å². The molecule has 0 heteroatoms. The molecule has 0 amide bonds. The normalized spacial score (nSPS) is 10.0. The molecule has 0 aliphatic rings. The molecule has 0 aliphatic heterocycles. The lowest BCUT2D eigenvalue weighted by atomic mass is 10.2. The fourth-order valence-electron chi connectivity index (χ4n) is 1.08. The lowest BCUT2D eigenvalue weighted by molar-refractivity contribution is 0.679. The first-order chi connectivity index (χ1) is 6.41. The summed E-state index contributed by atoms with van der Waals surface area (Å²) in [7, 11) is 0. The number of rotatable bonds is 6. The molecular weight excluding hydrogens is 156 g/mol. The Hall–Kier alpha value is -0.700. The van der Waals surface area contributed by atoms with Crippen molar-refractivity contribution in [3.05, 3.63) is 12.2 Å². The standard InChI is InChI=1S/C13H22/c1-3-5-7-9-11-13-12-10-8-6-4-2/h7,9H,3-6,8,10,12H2,1-2H3/b9-7+. The monoisotopic (exact) mass is 178 g/mol. The molecule has 0 aromatic heterocycles. The van der Waals surface area contributed by atoms with Gasteiger partial charge in [0.1, 0.15) is 0 Å². The highest BCUT2D eigenvalue weighted by molar-refractivity contribution is 5.14. The third-order valence-electron chi connectivity index (χ3n) is 1.91. The highest BCUT2D eigenvalue weighted by Gasteiger charge is 1.82. The number of allylic oxidation sites excluding steroid dienone is 2. The van der Waals surface area contributed by atoms with Crippen molar-refractivity contribution >= 4 is 0 Å². The second-order valence-electron chi connectivity index (χ2n) is 3.32. The van der Waals surface area contributed by atoms with Crippen LogP contribution in [0.15, 0.2) is 12.2 Å². The van der Waals surface area contributed by atoms with Gasteiger partial charge in [-0.05, 0) is 18.9 Å². The maximum atomic E-state index is 3.17. The first-order valence-corrected chi connectivity index (χ1v) is 5.55. The minimum atomic E-state index is 1.07. The van der Waals surface area contributed by atoms with Crippen LogP contribution in [-0.2, 0) is 0 Å². The van der Waals surface area contributed by atoms with Gasteiger partial charge in [-0.2, -0.15) is 0 Å². The summed E-state index contributed by atoms with van der Waals surface area (Å²) in [6, 6.07) is 0. The average molecular weight is 178 g/mol. The van der Waals surface area contributed by atoms with Gasteiger partial charge in [-0.1, -0.05) is 57.4 Å². The van der Waals surface area contributed by atoms with Gasteiger partial charge in [0, 0.05) is 6.42 Å². The molecule has 0 fully saturated rings. The maximum Gasteiger partial charge on any atom is 0.00922 e. The molecule has 0 aromatic carbocycles. The van der Waals surface area contributed by atoms with Crippen molar-refractivity contribution in [1.82, 2.24) is 0 Å². The van der Waals surface area contributed by atoms with E-state index in [1.807, 2.05) is 6.08 Å². The van der Waals surface area contributed by atoms with Crippen LogP contribution in [0.3, 0.4) is 0 Å². The Labute approximate surface area is 83.4 Å². The fourth-order valence-corrected chi connectivity index (χ4v) is 1.08. The van der Waals surface area contributed by atoms with Gasteiger partial charge in [-0.25, -0.2) is 0 Å². The highest BCUT2D eigenvalue weighted by atomic mass is 13.9. The predicted molar refractivity (Wildman–Crippen MR) is 60.6 cm³/mol. The Morgan fingerprint density at radius 1 is 1.00 bits per heavy atom. The molecule has 13 heavy (non-hydrogen) atoms. The molecule has 0 N–H and O–H groups in total. The van der Waals surface area contributed by atoms with Gasteiger partial charge in [0.15, 0.2) is 0 Å². The topological polar surface area (TPSA) is 0 Å². The van der Waals surface area contributed by atoms with Gasteiger partial charge in [0.25, 0.3) is 0 Å². The molecule has 0 unspecified atom stereocenters. The van der Waals surface area contributed by atoms with E-state index in [1.54, 1.807) is 0 Å². The Morgan fingerprint density at radius 3 is 2.54 bits per heavy atom. The highest BCUT2D eigenvalue weighted by Crippen LogP contribution is 2.00. The summed E-state index contributed by atoms with van der Waals surface area (Å²) in [5.74, 6) is 6.23. The van der Waals surface area contributed by atoms with Crippen molar-refractivity contribution < 1.29 is 0 Å². The molecule has 0 bridgehead atoms. The average Bonchev–Trinajstić information content (AvgIpc) is 2.16. The van der Waals surface area contributed by atoms with Crippen LogP contribution in [0.2, 0.25) is 0 Å². The van der Waals surface area contributed by atoms with E-state index in [0.717, 1.165) is 12.8 Å². The van der Waals surface area contributed by atoms with E-state index in [1.165, 1.54) is 32.1 Å². The van der Waals surface area contributed by atoms with E-state index in [2.05, 4.69) is 31.8 Å². The van der Waals surface area contributed by atoms with Crippen molar-refractivity contribution in [3.63, 3.8) is 0 Å². The Bertz CT molecular complexity index is 166. The Morgan fingerprint density at radius 2 is 1.85 bits per heavy atom. The quantitative estimate of drug-likeness (QED) is 0.420. The molecule has 0 saturated carbocycles. The summed E-state index contributed by atoms with van der Waals surface area (Å²) >= 11 is 0. The number of hydrogen-bond donors (Lipinski definition) is 0. The summed E-state index contributed by atoms with van der Waals surface area (Å²) in [4.78, 5) is 0. The van der Waals surface area contributed by atoms with Crippen molar-refractivity contribution in [2.75, 3.05) is 0 Å². The summed E-state index contributed by atoms with van der Waals surface area (Å²) in [6.07, 6.45) is 12.8. The van der Waals surface area contributed by atoms with Gasteiger partial charge in [0.05, 0.1) is 0 Å². The zero-order valence-electron chi connectivity index (χ0n) is 9.10. The van der Waals surface area contributed by atoms with Gasteiger partial charge in [-0.15, -0.1) is 0 Å². The largest absolute Gasteiger partial charge is 0.0985 e. The van der Waals surface area contributed by atoms with Crippen LogP contribution in [0.4, 0.5) is 0 Å². The molecule has 0 atom stereocenters. The first-order valence-electron chi connectivity index (χ1n) is 5.55. The predicted octanol–water partition coefficient (Wildman–Crippen LogP) is 4.32. The zero-order chi connectivity index (χ0) is 9.78. The molecule has 0 aliphatic carbocycles. The van der Waals surface area contributed by atoms with E-state index < -0.39 is 0 Å². The van der Waals surface area contributed by atoms with Crippen molar-refractivity contribution in [1.29, 1.82) is 0 Å². The molecule has 0 nitrogen and oxygen atoms in total. The van der Waals surface area contributed by atoms with Gasteiger partial charge < -0.3 is 0 Å². The lowest BCUT2D eigenvalue weighted by Crippen LogP contribution is -1.73. The SMILES string of the molecule is CCC/C=C/C#CCCCCCC. The van der Waals surface area contributed by atoms with E-state index in [9.17, 15) is 0 Å². The van der Waals surface area contributed by atoms with E-state index in [4.69, 9.17) is 0 Å². The molecule has 74 valence electrons. The van der Waals surface area contributed by atoms with E-state index in [0.29, 0.717) is 0 Å². The maximum absolute atomic E-state index is 3.17. The van der Waals surface area contributed by atoms with Gasteiger partial charge in [0.2, 0.25) is 0 Å². The van der Waals surface area contributed by atoms with Crippen molar-refractivity contribution in [2.45, 2.75) is 58.8 Å². The molecule has 0 aromatic rings. The van der Waals surface area contributed by atoms with Crippen LogP contribution >= 0.6 is 0 Å². The van der Waals surface area contributed by atoms with Crippen LogP contribution in [0.1, 0.15) is 58.8 Å². The molecule has 0 saturated heterocycles. The minimum Gasteiger partial charge on any atom is -0.0985 e.